The zero-order valence-corrected chi connectivity index (χ0v) is 20.2. The number of carbonyl (C=O) groups is 1. The lowest BCUT2D eigenvalue weighted by Crippen LogP contribution is -2.08. The minimum absolute atomic E-state index is 0.228. The van der Waals surface area contributed by atoms with Gasteiger partial charge in [0.1, 0.15) is 11.3 Å². The number of ether oxygens (including phenoxy) is 1. The normalized spacial score (nSPS) is 11.7. The lowest BCUT2D eigenvalue weighted by Gasteiger charge is -2.12. The lowest BCUT2D eigenvalue weighted by atomic mass is 9.96. The van der Waals surface area contributed by atoms with Gasteiger partial charge in [0.05, 0.1) is 12.9 Å². The van der Waals surface area contributed by atoms with E-state index in [1.54, 1.807) is 36.6 Å². The molecule has 0 saturated carbocycles. The number of fused-ring (bicyclic) bond motifs is 2. The predicted molar refractivity (Wildman–Crippen MR) is 144 cm³/mol. The van der Waals surface area contributed by atoms with E-state index in [0.717, 1.165) is 38.6 Å². The number of allylic oxidation sites excluding steroid dienone is 1. The van der Waals surface area contributed by atoms with Gasteiger partial charge < -0.3 is 14.5 Å². The largest absolute Gasteiger partial charge is 0.493 e. The molecule has 5 heteroatoms. The minimum Gasteiger partial charge on any atom is -0.493 e. The van der Waals surface area contributed by atoms with Gasteiger partial charge in [-0.25, -0.2) is 0 Å². The molecule has 0 saturated heterocycles. The SMILES string of the molecule is CCOc1cc2occ(-c3cccc4ccccc34)c2cc1/C(C)=C/C(=O)Nc1ccc(Cl)cc1. The minimum atomic E-state index is -0.228. The number of nitrogens with one attached hydrogen (secondary N) is 1. The Labute approximate surface area is 208 Å². The average Bonchev–Trinajstić information content (AvgIpc) is 3.27. The van der Waals surface area contributed by atoms with E-state index in [9.17, 15) is 4.79 Å². The Morgan fingerprint density at radius 1 is 0.971 bits per heavy atom. The summed E-state index contributed by atoms with van der Waals surface area (Å²) in [5.74, 6) is 0.445. The first-order valence-corrected chi connectivity index (χ1v) is 11.8. The van der Waals surface area contributed by atoms with E-state index in [-0.39, 0.29) is 5.91 Å². The van der Waals surface area contributed by atoms with Crippen LogP contribution in [0.4, 0.5) is 5.69 Å². The van der Waals surface area contributed by atoms with Crippen LogP contribution in [-0.2, 0) is 4.79 Å². The van der Waals surface area contributed by atoms with Crippen molar-refractivity contribution in [1.29, 1.82) is 0 Å². The van der Waals surface area contributed by atoms with Crippen molar-refractivity contribution < 1.29 is 13.9 Å². The summed E-state index contributed by atoms with van der Waals surface area (Å²) >= 11 is 5.94. The van der Waals surface area contributed by atoms with E-state index in [1.165, 1.54) is 5.39 Å². The van der Waals surface area contributed by atoms with Gasteiger partial charge in [0.2, 0.25) is 5.91 Å². The molecule has 1 amide bonds. The Balaban J connectivity index is 1.57. The predicted octanol–water partition coefficient (Wildman–Crippen LogP) is 8.35. The summed E-state index contributed by atoms with van der Waals surface area (Å²) in [6.07, 6.45) is 3.37. The third kappa shape index (κ3) is 4.66. The summed E-state index contributed by atoms with van der Waals surface area (Å²) in [5.41, 5.74) is 5.13. The van der Waals surface area contributed by atoms with E-state index < -0.39 is 0 Å². The van der Waals surface area contributed by atoms with Crippen LogP contribution in [0.15, 0.2) is 95.6 Å². The van der Waals surface area contributed by atoms with Crippen LogP contribution >= 0.6 is 11.6 Å². The first kappa shape index (κ1) is 22.8. The summed E-state index contributed by atoms with van der Waals surface area (Å²) in [7, 11) is 0. The van der Waals surface area contributed by atoms with Crippen LogP contribution in [0.1, 0.15) is 19.4 Å². The zero-order valence-electron chi connectivity index (χ0n) is 19.5. The van der Waals surface area contributed by atoms with Gasteiger partial charge >= 0.3 is 0 Å². The molecule has 1 aromatic heterocycles. The van der Waals surface area contributed by atoms with Crippen molar-refractivity contribution in [2.75, 3.05) is 11.9 Å². The number of hydrogen-bond donors (Lipinski definition) is 1. The van der Waals surface area contributed by atoms with Crippen LogP contribution in [0.5, 0.6) is 5.75 Å². The summed E-state index contributed by atoms with van der Waals surface area (Å²) in [6, 6.07) is 25.5. The van der Waals surface area contributed by atoms with Crippen molar-refractivity contribution in [3.63, 3.8) is 0 Å². The summed E-state index contributed by atoms with van der Waals surface area (Å²) in [6.45, 7) is 4.34. The molecular formula is C30H24ClNO3. The molecule has 174 valence electrons. The lowest BCUT2D eigenvalue weighted by molar-refractivity contribution is -0.111. The maximum absolute atomic E-state index is 12.7. The third-order valence-electron chi connectivity index (χ3n) is 5.94. The highest BCUT2D eigenvalue weighted by atomic mass is 35.5. The first-order chi connectivity index (χ1) is 17.0. The smallest absolute Gasteiger partial charge is 0.248 e. The van der Waals surface area contributed by atoms with Gasteiger partial charge in [0.15, 0.2) is 0 Å². The van der Waals surface area contributed by atoms with E-state index in [0.29, 0.717) is 23.1 Å². The van der Waals surface area contributed by atoms with Crippen molar-refractivity contribution in [3.8, 4) is 16.9 Å². The van der Waals surface area contributed by atoms with E-state index in [1.807, 2.05) is 38.1 Å². The average molecular weight is 482 g/mol. The highest BCUT2D eigenvalue weighted by Gasteiger charge is 2.16. The molecule has 1 heterocycles. The number of rotatable bonds is 6. The summed E-state index contributed by atoms with van der Waals surface area (Å²) < 4.78 is 11.9. The summed E-state index contributed by atoms with van der Waals surface area (Å²) in [5, 5.41) is 6.78. The molecule has 0 atom stereocenters. The van der Waals surface area contributed by atoms with Crippen LogP contribution < -0.4 is 10.1 Å². The molecule has 5 rings (SSSR count). The van der Waals surface area contributed by atoms with E-state index >= 15 is 0 Å². The second-order valence-corrected chi connectivity index (χ2v) is 8.71. The van der Waals surface area contributed by atoms with Crippen molar-refractivity contribution >= 4 is 50.5 Å². The van der Waals surface area contributed by atoms with Crippen molar-refractivity contribution in [2.45, 2.75) is 13.8 Å². The molecule has 0 fully saturated rings. The molecule has 4 aromatic carbocycles. The standard InChI is InChI=1S/C30H24ClNO3/c1-3-34-28-17-29-26(27(18-35-29)24-10-6-8-20-7-4-5-9-23(20)24)16-25(28)19(2)15-30(33)32-22-13-11-21(31)12-14-22/h4-18H,3H2,1-2H3,(H,32,33)/b19-15+. The number of anilines is 1. The fourth-order valence-electron chi connectivity index (χ4n) is 4.29. The molecule has 35 heavy (non-hydrogen) atoms. The number of hydrogen-bond acceptors (Lipinski definition) is 3. The Hall–Kier alpha value is -4.02. The molecule has 4 nitrogen and oxygen atoms in total. The molecule has 1 N–H and O–H groups in total. The Morgan fingerprint density at radius 3 is 2.54 bits per heavy atom. The number of carbonyl (C=O) groups excluding carboxylic acids is 1. The third-order valence-corrected chi connectivity index (χ3v) is 6.19. The molecule has 0 spiro atoms. The number of benzene rings is 4. The van der Waals surface area contributed by atoms with Gasteiger partial charge in [-0.2, -0.15) is 0 Å². The maximum atomic E-state index is 12.7. The molecule has 0 unspecified atom stereocenters. The van der Waals surface area contributed by atoms with Gasteiger partial charge in [-0.05, 0) is 66.1 Å². The van der Waals surface area contributed by atoms with E-state index in [4.69, 9.17) is 20.8 Å². The van der Waals surface area contributed by atoms with Crippen LogP contribution in [0.2, 0.25) is 5.02 Å². The van der Waals surface area contributed by atoms with Crippen LogP contribution in [-0.4, -0.2) is 12.5 Å². The zero-order chi connectivity index (χ0) is 24.4. The van der Waals surface area contributed by atoms with Gasteiger partial charge in [-0.3, -0.25) is 4.79 Å². The second kappa shape index (κ2) is 9.69. The van der Waals surface area contributed by atoms with Gasteiger partial charge in [0.25, 0.3) is 0 Å². The van der Waals surface area contributed by atoms with Gasteiger partial charge in [-0.15, -0.1) is 0 Å². The molecule has 0 bridgehead atoms. The first-order valence-electron chi connectivity index (χ1n) is 11.4. The topological polar surface area (TPSA) is 51.5 Å². The monoisotopic (exact) mass is 481 g/mol. The highest BCUT2D eigenvalue weighted by molar-refractivity contribution is 6.30. The van der Waals surface area contributed by atoms with Gasteiger partial charge in [0, 0.05) is 39.4 Å². The van der Waals surface area contributed by atoms with Crippen molar-refractivity contribution in [3.05, 3.63) is 102 Å². The van der Waals surface area contributed by atoms with Gasteiger partial charge in [-0.1, -0.05) is 54.1 Å². The quantitative estimate of drug-likeness (QED) is 0.248. The number of halogens is 1. The van der Waals surface area contributed by atoms with Crippen molar-refractivity contribution in [1.82, 2.24) is 0 Å². The fraction of sp³-hybridized carbons (Fsp3) is 0.100. The molecule has 5 aromatic rings. The number of furan rings is 1. The molecular weight excluding hydrogens is 458 g/mol. The van der Waals surface area contributed by atoms with Crippen molar-refractivity contribution in [2.24, 2.45) is 0 Å². The van der Waals surface area contributed by atoms with E-state index in [2.05, 4.69) is 35.6 Å². The Morgan fingerprint density at radius 2 is 1.74 bits per heavy atom. The summed E-state index contributed by atoms with van der Waals surface area (Å²) in [4.78, 5) is 12.7. The number of amides is 1. The molecule has 0 aliphatic carbocycles. The van der Waals surface area contributed by atoms with Crippen LogP contribution in [0.3, 0.4) is 0 Å². The molecule has 0 aliphatic heterocycles. The second-order valence-electron chi connectivity index (χ2n) is 8.28. The Bertz CT molecular complexity index is 1560. The van der Waals surface area contributed by atoms with Crippen LogP contribution in [0, 0.1) is 0 Å². The highest BCUT2D eigenvalue weighted by Crippen LogP contribution is 2.39. The molecule has 0 aliphatic rings. The fourth-order valence-corrected chi connectivity index (χ4v) is 4.42. The molecule has 0 radical (unpaired) electrons. The maximum Gasteiger partial charge on any atom is 0.248 e. The Kier molecular flexibility index (Phi) is 6.30. The van der Waals surface area contributed by atoms with Crippen LogP contribution in [0.25, 0.3) is 38.4 Å².